The van der Waals surface area contributed by atoms with Crippen molar-refractivity contribution in [1.82, 2.24) is 9.88 Å². The van der Waals surface area contributed by atoms with Crippen molar-refractivity contribution in [1.29, 1.82) is 0 Å². The molecule has 3 heterocycles. The Morgan fingerprint density at radius 3 is 2.58 bits per heavy atom. The Morgan fingerprint density at radius 2 is 1.97 bits per heavy atom. The summed E-state index contributed by atoms with van der Waals surface area (Å²) in [7, 11) is 0. The number of anilines is 1. The molecule has 5 rings (SSSR count). The number of nitrogens with zero attached hydrogens (tertiary/aromatic N) is 3. The van der Waals surface area contributed by atoms with Crippen LogP contribution in [0.4, 0.5) is 5.82 Å². The Balaban J connectivity index is 1.27. The average Bonchev–Trinajstić information content (AvgIpc) is 2.83. The number of aliphatic hydroxyl groups is 1. The second-order valence-electron chi connectivity index (χ2n) is 10.1. The van der Waals surface area contributed by atoms with E-state index in [1.807, 2.05) is 48.4 Å². The summed E-state index contributed by atoms with van der Waals surface area (Å²) in [5.74, 6) is 1.07. The molecule has 6 nitrogen and oxygen atoms in total. The van der Waals surface area contributed by atoms with Gasteiger partial charge in [0.25, 0.3) is 5.91 Å². The topological polar surface area (TPSA) is 65.9 Å². The number of likely N-dealkylation sites (tertiary alicyclic amines) is 1. The van der Waals surface area contributed by atoms with Crippen molar-refractivity contribution < 1.29 is 14.6 Å². The molecule has 1 aromatic heterocycles. The number of piperidine rings is 1. The smallest absolute Gasteiger partial charge is 0.253 e. The number of rotatable bonds is 4. The van der Waals surface area contributed by atoms with Crippen molar-refractivity contribution in [2.24, 2.45) is 0 Å². The van der Waals surface area contributed by atoms with Gasteiger partial charge in [-0.2, -0.15) is 0 Å². The first kappa shape index (κ1) is 22.4. The lowest BCUT2D eigenvalue weighted by molar-refractivity contribution is -0.130. The van der Waals surface area contributed by atoms with Gasteiger partial charge >= 0.3 is 0 Å². The molecule has 2 saturated heterocycles. The van der Waals surface area contributed by atoms with Crippen LogP contribution in [0.2, 0.25) is 0 Å². The van der Waals surface area contributed by atoms with Crippen LogP contribution in [-0.4, -0.2) is 58.8 Å². The summed E-state index contributed by atoms with van der Waals surface area (Å²) in [6.07, 6.45) is 7.32. The third-order valence-electron chi connectivity index (χ3n) is 7.87. The average molecular weight is 450 g/mol. The Kier molecular flexibility index (Phi) is 5.91. The van der Waals surface area contributed by atoms with E-state index in [2.05, 4.69) is 22.9 Å². The number of carbonyl (C=O) groups excluding carboxylic acids is 1. The van der Waals surface area contributed by atoms with Crippen LogP contribution in [0.5, 0.6) is 0 Å². The van der Waals surface area contributed by atoms with Crippen LogP contribution in [0.1, 0.15) is 66.9 Å². The Bertz CT molecular complexity index is 997. The molecule has 1 amide bonds. The second-order valence-corrected chi connectivity index (χ2v) is 10.1. The minimum absolute atomic E-state index is 0.0736. The number of pyridine rings is 1. The van der Waals surface area contributed by atoms with Crippen molar-refractivity contribution in [2.45, 2.75) is 69.7 Å². The molecule has 176 valence electrons. The van der Waals surface area contributed by atoms with E-state index >= 15 is 0 Å². The van der Waals surface area contributed by atoms with Crippen LogP contribution in [0, 0.1) is 6.92 Å². The van der Waals surface area contributed by atoms with E-state index in [4.69, 9.17) is 4.74 Å². The standard InChI is InChI=1S/C27H35N3O3/c1-3-22-18-30(24-7-4-5-14-28-24)19-26(33-22)12-15-29(16-13-26)25(31)21-8-9-23(20(2)17-21)27(32)10-6-11-27/h4-5,7-9,14,17,22,32H,3,6,10-13,15-16,18-19H2,1-2H3. The molecule has 1 saturated carbocycles. The fourth-order valence-electron chi connectivity index (χ4n) is 5.69. The summed E-state index contributed by atoms with van der Waals surface area (Å²) >= 11 is 0. The number of carbonyl (C=O) groups is 1. The van der Waals surface area contributed by atoms with Gasteiger partial charge in [-0.15, -0.1) is 0 Å². The summed E-state index contributed by atoms with van der Waals surface area (Å²) in [4.78, 5) is 22.1. The van der Waals surface area contributed by atoms with E-state index in [0.29, 0.717) is 18.7 Å². The normalized spacial score (nSPS) is 23.9. The summed E-state index contributed by atoms with van der Waals surface area (Å²) < 4.78 is 6.61. The highest BCUT2D eigenvalue weighted by Gasteiger charge is 2.44. The van der Waals surface area contributed by atoms with Crippen LogP contribution in [0.15, 0.2) is 42.6 Å². The highest BCUT2D eigenvalue weighted by molar-refractivity contribution is 5.94. The van der Waals surface area contributed by atoms with Gasteiger partial charge in [0.15, 0.2) is 0 Å². The fraction of sp³-hybridized carbons (Fsp3) is 0.556. The molecular formula is C27H35N3O3. The molecule has 3 fully saturated rings. The number of aromatic nitrogens is 1. The molecule has 33 heavy (non-hydrogen) atoms. The summed E-state index contributed by atoms with van der Waals surface area (Å²) in [5, 5.41) is 10.7. The number of hydrogen-bond acceptors (Lipinski definition) is 5. The van der Waals surface area contributed by atoms with Gasteiger partial charge in [-0.1, -0.05) is 19.1 Å². The van der Waals surface area contributed by atoms with Gasteiger partial charge in [0.2, 0.25) is 0 Å². The lowest BCUT2D eigenvalue weighted by Crippen LogP contribution is -2.60. The highest BCUT2D eigenvalue weighted by atomic mass is 16.5. The second kappa shape index (κ2) is 8.73. The monoisotopic (exact) mass is 449 g/mol. The maximum atomic E-state index is 13.3. The maximum absolute atomic E-state index is 13.3. The molecule has 1 aromatic carbocycles. The predicted molar refractivity (Wildman–Crippen MR) is 128 cm³/mol. The molecule has 1 unspecified atom stereocenters. The zero-order valence-electron chi connectivity index (χ0n) is 19.8. The lowest BCUT2D eigenvalue weighted by atomic mass is 9.73. The Labute approximate surface area is 196 Å². The number of amides is 1. The van der Waals surface area contributed by atoms with Crippen molar-refractivity contribution in [3.8, 4) is 0 Å². The highest BCUT2D eigenvalue weighted by Crippen LogP contribution is 2.42. The quantitative estimate of drug-likeness (QED) is 0.763. The molecule has 1 atom stereocenters. The largest absolute Gasteiger partial charge is 0.385 e. The summed E-state index contributed by atoms with van der Waals surface area (Å²) in [6.45, 7) is 7.22. The van der Waals surface area contributed by atoms with Crippen molar-refractivity contribution in [2.75, 3.05) is 31.1 Å². The van der Waals surface area contributed by atoms with E-state index in [1.165, 1.54) is 0 Å². The molecule has 1 aliphatic carbocycles. The number of hydrogen-bond donors (Lipinski definition) is 1. The van der Waals surface area contributed by atoms with Crippen LogP contribution in [-0.2, 0) is 10.3 Å². The lowest BCUT2D eigenvalue weighted by Gasteiger charge is -2.50. The Hall–Kier alpha value is -2.44. The van der Waals surface area contributed by atoms with Crippen molar-refractivity contribution in [3.05, 3.63) is 59.3 Å². The number of ether oxygens (including phenoxy) is 1. The van der Waals surface area contributed by atoms with Gasteiger partial charge in [0, 0.05) is 37.9 Å². The third-order valence-corrected chi connectivity index (χ3v) is 7.87. The van der Waals surface area contributed by atoms with Crippen LogP contribution >= 0.6 is 0 Å². The van der Waals surface area contributed by atoms with Gasteiger partial charge in [0.1, 0.15) is 5.82 Å². The first-order valence-electron chi connectivity index (χ1n) is 12.4. The number of benzene rings is 1. The first-order valence-corrected chi connectivity index (χ1v) is 12.4. The molecule has 0 bridgehead atoms. The molecule has 3 aliphatic rings. The van der Waals surface area contributed by atoms with Gasteiger partial charge in [0.05, 0.1) is 17.3 Å². The third kappa shape index (κ3) is 4.26. The van der Waals surface area contributed by atoms with Crippen LogP contribution in [0.25, 0.3) is 0 Å². The van der Waals surface area contributed by atoms with Crippen molar-refractivity contribution in [3.63, 3.8) is 0 Å². The summed E-state index contributed by atoms with van der Waals surface area (Å²) in [5.41, 5.74) is 1.75. The zero-order chi connectivity index (χ0) is 23.1. The zero-order valence-corrected chi connectivity index (χ0v) is 19.8. The van der Waals surface area contributed by atoms with Crippen LogP contribution in [0.3, 0.4) is 0 Å². The summed E-state index contributed by atoms with van der Waals surface area (Å²) in [6, 6.07) is 11.8. The molecule has 1 N–H and O–H groups in total. The van der Waals surface area contributed by atoms with E-state index in [9.17, 15) is 9.90 Å². The minimum atomic E-state index is -0.698. The maximum Gasteiger partial charge on any atom is 0.253 e. The minimum Gasteiger partial charge on any atom is -0.385 e. The molecule has 1 spiro atoms. The molecule has 0 radical (unpaired) electrons. The molecular weight excluding hydrogens is 414 g/mol. The van der Waals surface area contributed by atoms with Crippen molar-refractivity contribution >= 4 is 11.7 Å². The van der Waals surface area contributed by atoms with Gasteiger partial charge < -0.3 is 19.6 Å². The van der Waals surface area contributed by atoms with Gasteiger partial charge in [-0.05, 0) is 80.8 Å². The van der Waals surface area contributed by atoms with Gasteiger partial charge in [-0.3, -0.25) is 4.79 Å². The number of morpholine rings is 1. The van der Waals surface area contributed by atoms with E-state index in [1.54, 1.807) is 0 Å². The first-order chi connectivity index (χ1) is 15.9. The van der Waals surface area contributed by atoms with E-state index < -0.39 is 5.60 Å². The fourth-order valence-corrected chi connectivity index (χ4v) is 5.69. The molecule has 6 heteroatoms. The molecule has 2 aliphatic heterocycles. The Morgan fingerprint density at radius 1 is 1.18 bits per heavy atom. The predicted octanol–water partition coefficient (Wildman–Crippen LogP) is 4.05. The van der Waals surface area contributed by atoms with Crippen LogP contribution < -0.4 is 4.90 Å². The van der Waals surface area contributed by atoms with E-state index in [-0.39, 0.29) is 17.6 Å². The molecule has 2 aromatic rings. The number of aryl methyl sites for hydroxylation is 1. The van der Waals surface area contributed by atoms with Gasteiger partial charge in [-0.25, -0.2) is 4.98 Å². The SMILES string of the molecule is CCC1CN(c2ccccn2)CC2(CCN(C(=O)c3ccc(C4(O)CCC4)c(C)c3)CC2)O1. The van der Waals surface area contributed by atoms with E-state index in [0.717, 1.165) is 68.6 Å².